The zero-order valence-electron chi connectivity index (χ0n) is 9.76. The first-order valence-electron chi connectivity index (χ1n) is 6.02. The topological polar surface area (TPSA) is 38.3 Å². The van der Waals surface area contributed by atoms with Crippen LogP contribution in [0.5, 0.6) is 5.75 Å². The van der Waals surface area contributed by atoms with Crippen molar-refractivity contribution < 1.29 is 9.53 Å². The van der Waals surface area contributed by atoms with Gasteiger partial charge in [-0.05, 0) is 25.2 Å². The highest BCUT2D eigenvalue weighted by Crippen LogP contribution is 2.44. The predicted molar refractivity (Wildman–Crippen MR) is 70.9 cm³/mol. The molecular weight excluding hydrogens is 273 g/mol. The average Bonchev–Trinajstić information content (AvgIpc) is 2.34. The molecule has 3 nitrogen and oxygen atoms in total. The number of ketones is 1. The fourth-order valence-corrected chi connectivity index (χ4v) is 3.14. The van der Waals surface area contributed by atoms with Crippen LogP contribution in [0.1, 0.15) is 29.6 Å². The van der Waals surface area contributed by atoms with Crippen LogP contribution in [0, 0.1) is 0 Å². The van der Waals surface area contributed by atoms with Crippen LogP contribution in [-0.4, -0.2) is 24.5 Å². The van der Waals surface area contributed by atoms with E-state index in [2.05, 4.69) is 5.32 Å². The number of halogens is 2. The maximum Gasteiger partial charge on any atom is 0.172 e. The summed E-state index contributed by atoms with van der Waals surface area (Å²) in [5.41, 5.74) is 0.0391. The SMILES string of the molecule is O=C1CC2(CCNCC2)Oc2c(Cl)ccc(Cl)c21. The minimum atomic E-state index is -0.399. The van der Waals surface area contributed by atoms with E-state index in [0.717, 1.165) is 25.9 Å². The van der Waals surface area contributed by atoms with Gasteiger partial charge in [-0.25, -0.2) is 0 Å². The number of fused-ring (bicyclic) bond motifs is 1. The number of benzene rings is 1. The number of carbonyl (C=O) groups is 1. The molecule has 0 bridgehead atoms. The van der Waals surface area contributed by atoms with Crippen LogP contribution in [-0.2, 0) is 0 Å². The van der Waals surface area contributed by atoms with E-state index in [0.29, 0.717) is 27.8 Å². The van der Waals surface area contributed by atoms with Crippen LogP contribution >= 0.6 is 23.2 Å². The Morgan fingerprint density at radius 3 is 2.56 bits per heavy atom. The summed E-state index contributed by atoms with van der Waals surface area (Å²) in [7, 11) is 0. The van der Waals surface area contributed by atoms with Gasteiger partial charge in [0, 0.05) is 12.8 Å². The Morgan fingerprint density at radius 1 is 1.17 bits per heavy atom. The van der Waals surface area contributed by atoms with E-state index in [-0.39, 0.29) is 5.78 Å². The third-order valence-electron chi connectivity index (χ3n) is 3.65. The number of piperidine rings is 1. The first-order valence-corrected chi connectivity index (χ1v) is 6.78. The summed E-state index contributed by atoms with van der Waals surface area (Å²) in [6, 6.07) is 3.32. The van der Waals surface area contributed by atoms with E-state index >= 15 is 0 Å². The monoisotopic (exact) mass is 285 g/mol. The lowest BCUT2D eigenvalue weighted by atomic mass is 9.83. The Bertz CT molecular complexity index is 510. The van der Waals surface area contributed by atoms with Gasteiger partial charge in [0.25, 0.3) is 0 Å². The van der Waals surface area contributed by atoms with Crippen LogP contribution in [0.15, 0.2) is 12.1 Å². The van der Waals surface area contributed by atoms with Gasteiger partial charge in [0.1, 0.15) is 5.60 Å². The third kappa shape index (κ3) is 1.91. The van der Waals surface area contributed by atoms with Gasteiger partial charge in [-0.15, -0.1) is 0 Å². The molecule has 0 unspecified atom stereocenters. The van der Waals surface area contributed by atoms with Crippen molar-refractivity contribution in [3.05, 3.63) is 27.7 Å². The van der Waals surface area contributed by atoms with Gasteiger partial charge >= 0.3 is 0 Å². The Balaban J connectivity index is 2.06. The maximum atomic E-state index is 12.3. The third-order valence-corrected chi connectivity index (χ3v) is 4.27. The van der Waals surface area contributed by atoms with Crippen molar-refractivity contribution in [2.75, 3.05) is 13.1 Å². The Kier molecular flexibility index (Phi) is 3.00. The molecule has 2 heterocycles. The number of nitrogens with one attached hydrogen (secondary N) is 1. The Morgan fingerprint density at radius 2 is 1.83 bits per heavy atom. The zero-order chi connectivity index (χ0) is 12.8. The lowest BCUT2D eigenvalue weighted by Crippen LogP contribution is -2.49. The molecule has 0 atom stereocenters. The Hall–Kier alpha value is -0.770. The lowest BCUT2D eigenvalue weighted by Gasteiger charge is -2.41. The molecule has 1 spiro atoms. The summed E-state index contributed by atoms with van der Waals surface area (Å²) in [4.78, 5) is 12.3. The summed E-state index contributed by atoms with van der Waals surface area (Å²) < 4.78 is 6.07. The fraction of sp³-hybridized carbons (Fsp3) is 0.462. The molecule has 0 aromatic heterocycles. The molecule has 3 rings (SSSR count). The number of carbonyl (C=O) groups excluding carboxylic acids is 1. The number of Topliss-reactive ketones (excluding diaryl/α,β-unsaturated/α-hetero) is 1. The average molecular weight is 286 g/mol. The van der Waals surface area contributed by atoms with Gasteiger partial charge in [0.05, 0.1) is 22.0 Å². The molecule has 5 heteroatoms. The van der Waals surface area contributed by atoms with Crippen LogP contribution in [0.3, 0.4) is 0 Å². The smallest absolute Gasteiger partial charge is 0.172 e. The van der Waals surface area contributed by atoms with Gasteiger partial charge in [-0.2, -0.15) is 0 Å². The molecule has 1 fully saturated rings. The second-order valence-corrected chi connectivity index (χ2v) is 5.68. The first-order chi connectivity index (χ1) is 8.61. The molecule has 1 saturated heterocycles. The molecule has 18 heavy (non-hydrogen) atoms. The van der Waals surface area contributed by atoms with Crippen molar-refractivity contribution >= 4 is 29.0 Å². The molecule has 0 amide bonds. The largest absolute Gasteiger partial charge is 0.484 e. The van der Waals surface area contributed by atoms with Crippen molar-refractivity contribution in [1.29, 1.82) is 0 Å². The van der Waals surface area contributed by atoms with Crippen molar-refractivity contribution in [1.82, 2.24) is 5.32 Å². The van der Waals surface area contributed by atoms with Crippen LogP contribution in [0.25, 0.3) is 0 Å². The molecule has 2 aliphatic heterocycles. The number of ether oxygens (including phenoxy) is 1. The lowest BCUT2D eigenvalue weighted by molar-refractivity contribution is 0.0188. The highest BCUT2D eigenvalue weighted by molar-refractivity contribution is 6.37. The molecule has 0 radical (unpaired) electrons. The summed E-state index contributed by atoms with van der Waals surface area (Å²) in [6.07, 6.45) is 2.03. The van der Waals surface area contributed by atoms with Gasteiger partial charge in [0.2, 0.25) is 0 Å². The highest BCUT2D eigenvalue weighted by atomic mass is 35.5. The summed E-state index contributed by atoms with van der Waals surface area (Å²) in [5.74, 6) is 0.493. The van der Waals surface area contributed by atoms with Crippen LogP contribution in [0.4, 0.5) is 0 Å². The van der Waals surface area contributed by atoms with Crippen molar-refractivity contribution in [2.24, 2.45) is 0 Å². The number of rotatable bonds is 0. The molecular formula is C13H13Cl2NO2. The minimum Gasteiger partial charge on any atom is -0.484 e. The Labute approximate surface area is 115 Å². The number of hydrogen-bond donors (Lipinski definition) is 1. The van der Waals surface area contributed by atoms with Crippen molar-refractivity contribution in [3.63, 3.8) is 0 Å². The summed E-state index contributed by atoms with van der Waals surface area (Å²) in [5, 5.41) is 4.15. The second-order valence-electron chi connectivity index (χ2n) is 4.87. The molecule has 96 valence electrons. The minimum absolute atomic E-state index is 0.0330. The highest BCUT2D eigenvalue weighted by Gasteiger charge is 2.42. The molecule has 1 aromatic carbocycles. The van der Waals surface area contributed by atoms with Crippen LogP contribution < -0.4 is 10.1 Å². The summed E-state index contributed by atoms with van der Waals surface area (Å²) in [6.45, 7) is 1.72. The zero-order valence-corrected chi connectivity index (χ0v) is 11.3. The predicted octanol–water partition coefficient (Wildman–Crippen LogP) is 3.08. The standard InChI is InChI=1S/C13H13Cl2NO2/c14-8-1-2-9(15)12-11(8)10(17)7-13(18-12)3-5-16-6-4-13/h1-2,16H,3-7H2. The molecule has 1 N–H and O–H groups in total. The maximum absolute atomic E-state index is 12.3. The normalized spacial score (nSPS) is 21.6. The second kappa shape index (κ2) is 4.41. The van der Waals surface area contributed by atoms with Gasteiger partial charge < -0.3 is 10.1 Å². The van der Waals surface area contributed by atoms with Crippen LogP contribution in [0.2, 0.25) is 10.0 Å². The molecule has 0 aliphatic carbocycles. The molecule has 1 aromatic rings. The van der Waals surface area contributed by atoms with Gasteiger partial charge in [-0.1, -0.05) is 23.2 Å². The first kappa shape index (κ1) is 12.3. The van der Waals surface area contributed by atoms with Gasteiger partial charge in [-0.3, -0.25) is 4.79 Å². The van der Waals surface area contributed by atoms with Crippen molar-refractivity contribution in [2.45, 2.75) is 24.9 Å². The van der Waals surface area contributed by atoms with E-state index in [1.54, 1.807) is 12.1 Å². The van der Waals surface area contributed by atoms with E-state index in [9.17, 15) is 4.79 Å². The molecule has 2 aliphatic rings. The summed E-state index contributed by atoms with van der Waals surface area (Å²) >= 11 is 12.2. The van der Waals surface area contributed by atoms with Gasteiger partial charge in [0.15, 0.2) is 11.5 Å². The number of hydrogen-bond acceptors (Lipinski definition) is 3. The van der Waals surface area contributed by atoms with Crippen molar-refractivity contribution in [3.8, 4) is 5.75 Å². The van der Waals surface area contributed by atoms with E-state index in [4.69, 9.17) is 27.9 Å². The van der Waals surface area contributed by atoms with E-state index in [1.807, 2.05) is 0 Å². The molecule has 0 saturated carbocycles. The van der Waals surface area contributed by atoms with E-state index in [1.165, 1.54) is 0 Å². The quantitative estimate of drug-likeness (QED) is 0.796. The fourth-order valence-electron chi connectivity index (χ4n) is 2.69. The van der Waals surface area contributed by atoms with E-state index < -0.39 is 5.60 Å².